The lowest BCUT2D eigenvalue weighted by Gasteiger charge is -2.17. The highest BCUT2D eigenvalue weighted by Crippen LogP contribution is 1.88. The molecule has 1 aliphatic heterocycles. The molecule has 0 aromatic heterocycles. The first-order chi connectivity index (χ1) is 17.1. The number of aliphatic carboxylic acids is 4. The SMILES string of the molecule is CC(=O)NCC[C@H](N)C(=O)[O-].CC1=[NH+]CC[C@@H](C(=O)[O-])N1.NCC[C@H](N)C(=O)[O-].N[C@@H](CC=O)C(=O)[O-]. The van der Waals surface area contributed by atoms with Crippen LogP contribution in [0, 0.1) is 0 Å². The molecule has 1 aliphatic rings. The number of carboxylic acid groups (broad SMARTS) is 4. The van der Waals surface area contributed by atoms with Crippen molar-refractivity contribution in [2.75, 3.05) is 19.6 Å². The molecule has 1 rings (SSSR count). The van der Waals surface area contributed by atoms with Crippen LogP contribution in [0.5, 0.6) is 0 Å². The fourth-order valence-electron chi connectivity index (χ4n) is 1.98. The zero-order valence-corrected chi connectivity index (χ0v) is 20.7. The van der Waals surface area contributed by atoms with E-state index in [-0.39, 0.29) is 38.3 Å². The van der Waals surface area contributed by atoms with Gasteiger partial charge in [-0.25, -0.2) is 0 Å². The number of nitrogens with one attached hydrogen (secondary N) is 3. The van der Waals surface area contributed by atoms with Gasteiger partial charge in [0.15, 0.2) is 0 Å². The van der Waals surface area contributed by atoms with Crippen LogP contribution in [-0.4, -0.2) is 85.7 Å². The number of rotatable bonds is 11. The summed E-state index contributed by atoms with van der Waals surface area (Å²) in [5.74, 6) is -4.35. The molecule has 0 saturated heterocycles. The molecule has 17 nitrogen and oxygen atoms in total. The van der Waals surface area contributed by atoms with Gasteiger partial charge in [0.25, 0.3) is 0 Å². The Labute approximate surface area is 213 Å². The van der Waals surface area contributed by atoms with Crippen molar-refractivity contribution < 1.29 is 54.2 Å². The molecule has 0 radical (unpaired) electrons. The molecule has 1 heterocycles. The minimum atomic E-state index is -1.39. The maximum Gasteiger partial charge on any atom is 0.239 e. The van der Waals surface area contributed by atoms with Gasteiger partial charge in [0.1, 0.15) is 12.3 Å². The van der Waals surface area contributed by atoms with Crippen LogP contribution < -0.4 is 59.0 Å². The summed E-state index contributed by atoms with van der Waals surface area (Å²) in [5.41, 5.74) is 19.9. The van der Waals surface area contributed by atoms with Crippen LogP contribution in [0.2, 0.25) is 0 Å². The average molecular weight is 535 g/mol. The van der Waals surface area contributed by atoms with E-state index in [1.807, 2.05) is 0 Å². The Morgan fingerprint density at radius 3 is 1.76 bits per heavy atom. The Morgan fingerprint density at radius 1 is 1.00 bits per heavy atom. The van der Waals surface area contributed by atoms with E-state index in [1.165, 1.54) is 6.92 Å². The first-order valence-electron chi connectivity index (χ1n) is 10.9. The molecule has 17 heteroatoms. The van der Waals surface area contributed by atoms with Crippen molar-refractivity contribution in [1.82, 2.24) is 10.6 Å². The quantitative estimate of drug-likeness (QED) is 0.121. The first kappa shape index (κ1) is 37.9. The van der Waals surface area contributed by atoms with Gasteiger partial charge in [0.05, 0.1) is 36.5 Å². The van der Waals surface area contributed by atoms with Gasteiger partial charge < -0.3 is 72.7 Å². The number of carboxylic acids is 4. The van der Waals surface area contributed by atoms with E-state index in [2.05, 4.69) is 15.6 Å². The summed E-state index contributed by atoms with van der Waals surface area (Å²) in [7, 11) is 0. The van der Waals surface area contributed by atoms with E-state index in [9.17, 15) is 49.2 Å². The predicted molar refractivity (Wildman–Crippen MR) is 120 cm³/mol. The average Bonchev–Trinajstić information content (AvgIpc) is 2.80. The van der Waals surface area contributed by atoms with Gasteiger partial charge in [-0.15, -0.1) is 0 Å². The van der Waals surface area contributed by atoms with E-state index >= 15 is 0 Å². The summed E-state index contributed by atoms with van der Waals surface area (Å²) in [6, 6.07) is -3.56. The van der Waals surface area contributed by atoms with Gasteiger partial charge in [0, 0.05) is 45.3 Å². The lowest BCUT2D eigenvalue weighted by molar-refractivity contribution is -0.467. The summed E-state index contributed by atoms with van der Waals surface area (Å²) in [4.78, 5) is 62.6. The number of carbonyl (C=O) groups is 6. The van der Waals surface area contributed by atoms with Crippen LogP contribution in [0.4, 0.5) is 0 Å². The Bertz CT molecular complexity index is 764. The summed E-state index contributed by atoms with van der Waals surface area (Å²) >= 11 is 0. The highest BCUT2D eigenvalue weighted by Gasteiger charge is 2.18. The van der Waals surface area contributed by atoms with Crippen LogP contribution in [0.1, 0.15) is 39.5 Å². The lowest BCUT2D eigenvalue weighted by atomic mass is 10.2. The second kappa shape index (κ2) is 22.8. The summed E-state index contributed by atoms with van der Waals surface area (Å²) in [6.07, 6.45) is 1.33. The zero-order chi connectivity index (χ0) is 29.6. The number of amidine groups is 1. The molecule has 11 N–H and O–H groups in total. The van der Waals surface area contributed by atoms with E-state index in [4.69, 9.17) is 22.9 Å². The second-order valence-corrected chi connectivity index (χ2v) is 7.38. The van der Waals surface area contributed by atoms with Crippen LogP contribution in [0.15, 0.2) is 0 Å². The van der Waals surface area contributed by atoms with Crippen LogP contribution in [0.3, 0.4) is 0 Å². The van der Waals surface area contributed by atoms with Gasteiger partial charge in [-0.2, -0.15) is 0 Å². The van der Waals surface area contributed by atoms with Gasteiger partial charge in [-0.05, 0) is 19.4 Å². The third-order valence-electron chi connectivity index (χ3n) is 4.06. The van der Waals surface area contributed by atoms with Gasteiger partial charge in [-0.1, -0.05) is 0 Å². The van der Waals surface area contributed by atoms with Crippen molar-refractivity contribution in [3.63, 3.8) is 0 Å². The van der Waals surface area contributed by atoms with Crippen molar-refractivity contribution in [1.29, 1.82) is 0 Å². The van der Waals surface area contributed by atoms with Gasteiger partial charge in [0.2, 0.25) is 11.7 Å². The first-order valence-corrected chi connectivity index (χ1v) is 10.9. The van der Waals surface area contributed by atoms with Gasteiger partial charge >= 0.3 is 0 Å². The minimum Gasteiger partial charge on any atom is -0.548 e. The molecule has 214 valence electrons. The third kappa shape index (κ3) is 25.2. The van der Waals surface area contributed by atoms with E-state index in [1.54, 1.807) is 6.92 Å². The molecule has 0 aliphatic carbocycles. The molecular weight excluding hydrogens is 498 g/mol. The highest BCUT2D eigenvalue weighted by molar-refractivity contribution is 5.81. The Hall–Kier alpha value is -3.67. The molecule has 0 bridgehead atoms. The Morgan fingerprint density at radius 2 is 1.49 bits per heavy atom. The molecule has 4 atom stereocenters. The summed E-state index contributed by atoms with van der Waals surface area (Å²) in [6.45, 7) is 4.41. The number of hydrogen-bond donors (Lipinski definition) is 7. The molecule has 0 aromatic rings. The molecular formula is C20H36N7O10-3. The maximum absolute atomic E-state index is 10.3. The second-order valence-electron chi connectivity index (χ2n) is 7.38. The van der Waals surface area contributed by atoms with Gasteiger partial charge in [-0.3, -0.25) is 15.1 Å². The number of amides is 1. The lowest BCUT2D eigenvalue weighted by Crippen LogP contribution is -2.80. The summed E-state index contributed by atoms with van der Waals surface area (Å²) < 4.78 is 0. The minimum absolute atomic E-state index is 0.178. The monoisotopic (exact) mass is 534 g/mol. The largest absolute Gasteiger partial charge is 0.548 e. The highest BCUT2D eigenvalue weighted by atomic mass is 16.4. The fourth-order valence-corrected chi connectivity index (χ4v) is 1.98. The van der Waals surface area contributed by atoms with Crippen molar-refractivity contribution >= 4 is 41.9 Å². The van der Waals surface area contributed by atoms with E-state index < -0.39 is 48.0 Å². The normalized spacial score (nSPS) is 15.9. The fraction of sp³-hybridized carbons (Fsp3) is 0.650. The topological polar surface area (TPSA) is 337 Å². The van der Waals surface area contributed by atoms with E-state index in [0.29, 0.717) is 19.3 Å². The molecule has 0 saturated carbocycles. The van der Waals surface area contributed by atoms with Crippen LogP contribution >= 0.6 is 0 Å². The molecule has 0 aromatic carbocycles. The molecule has 1 amide bonds. The van der Waals surface area contributed by atoms with E-state index in [0.717, 1.165) is 5.84 Å². The predicted octanol–water partition coefficient (Wildman–Crippen LogP) is -10.7. The van der Waals surface area contributed by atoms with Crippen molar-refractivity contribution in [3.8, 4) is 0 Å². The molecule has 0 unspecified atom stereocenters. The van der Waals surface area contributed by atoms with Crippen molar-refractivity contribution in [2.45, 2.75) is 63.7 Å². The molecule has 0 spiro atoms. The number of hydrogen-bond acceptors (Lipinski definition) is 15. The summed E-state index contributed by atoms with van der Waals surface area (Å²) in [5, 5.41) is 45.0. The standard InChI is InChI=1S/C6H12N2O3.C6H10N2O2.C4H10N2O2.C4H7NO3/c1-4(9)8-3-2-5(7)6(10)11;1-4-7-3-2-5(8-4)6(9)10;5-2-1-3(6)4(7)8;5-3(1-2-6)4(7)8/h5H,2-3,7H2,1H3,(H,8,9)(H,10,11);5H,2-3H2,1H3,(H,7,8)(H,9,10);3H,1-2,5-6H2,(H,7,8);2-3H,1,5H2,(H,7,8)/p-3/t2*5-;2*3-/m0000/s1. The molecule has 0 fully saturated rings. The molecule has 37 heavy (non-hydrogen) atoms. The van der Waals surface area contributed by atoms with Crippen molar-refractivity contribution in [2.24, 2.45) is 22.9 Å². The third-order valence-corrected chi connectivity index (χ3v) is 4.06. The van der Waals surface area contributed by atoms with Crippen molar-refractivity contribution in [3.05, 3.63) is 0 Å². The number of carbonyl (C=O) groups excluding carboxylic acids is 6. The van der Waals surface area contributed by atoms with Crippen LogP contribution in [-0.2, 0) is 28.8 Å². The zero-order valence-electron chi connectivity index (χ0n) is 20.7. The smallest absolute Gasteiger partial charge is 0.239 e. The van der Waals surface area contributed by atoms with Crippen LogP contribution in [0.25, 0.3) is 0 Å². The Kier molecular flexibility index (Phi) is 23.3. The Balaban J connectivity index is -0.000000421. The number of nitrogens with two attached hydrogens (primary N) is 4. The number of aldehydes is 1. The maximum atomic E-state index is 10.3.